The quantitative estimate of drug-likeness (QED) is 0.335. The van der Waals surface area contributed by atoms with Gasteiger partial charge in [-0.15, -0.1) is 0 Å². The molecule has 1 N–H and O–H groups in total. The van der Waals surface area contributed by atoms with Crippen molar-refractivity contribution < 1.29 is 23.7 Å². The van der Waals surface area contributed by atoms with Gasteiger partial charge in [-0.3, -0.25) is 25.0 Å². The van der Waals surface area contributed by atoms with Gasteiger partial charge in [-0.2, -0.15) is 0 Å². The van der Waals surface area contributed by atoms with Crippen LogP contribution in [0.25, 0.3) is 0 Å². The first kappa shape index (κ1) is 21.0. The maximum atomic E-state index is 13.2. The minimum absolute atomic E-state index is 0.0131. The van der Waals surface area contributed by atoms with Crippen molar-refractivity contribution in [1.82, 2.24) is 10.2 Å². The lowest BCUT2D eigenvalue weighted by Crippen LogP contribution is -2.55. The van der Waals surface area contributed by atoms with Crippen LogP contribution in [0, 0.1) is 15.9 Å². The normalized spacial score (nSPS) is 18.2. The molecule has 2 aliphatic rings. The Labute approximate surface area is 181 Å². The van der Waals surface area contributed by atoms with Crippen LogP contribution < -0.4 is 15.1 Å². The zero-order valence-electron chi connectivity index (χ0n) is 16.7. The van der Waals surface area contributed by atoms with E-state index in [1.807, 2.05) is 4.90 Å². The number of nitro benzene ring substituents is 1. The summed E-state index contributed by atoms with van der Waals surface area (Å²) in [4.78, 5) is 52.3. The molecule has 0 bridgehead atoms. The summed E-state index contributed by atoms with van der Waals surface area (Å²) in [6, 6.07) is 10.1. The van der Waals surface area contributed by atoms with Gasteiger partial charge in [0, 0.05) is 50.2 Å². The van der Waals surface area contributed by atoms with Crippen LogP contribution in [0.4, 0.5) is 26.2 Å². The number of carbonyl (C=O) groups is 3. The van der Waals surface area contributed by atoms with E-state index in [2.05, 4.69) is 5.32 Å². The van der Waals surface area contributed by atoms with Crippen molar-refractivity contribution in [3.63, 3.8) is 0 Å². The van der Waals surface area contributed by atoms with Crippen LogP contribution in [0.5, 0.6) is 0 Å². The number of carbonyl (C=O) groups excluding carboxylic acids is 3. The lowest BCUT2D eigenvalue weighted by atomic mass is 10.1. The SMILES string of the molecule is O=C1NC(=O)N(c2ccc(F)cc2)C(=O)C1=CN1CCN(c2ccc([N+](=O)[O-])cc2)CC1. The number of imide groups is 2. The molecule has 0 aromatic heterocycles. The topological polar surface area (TPSA) is 116 Å². The van der Waals surface area contributed by atoms with Gasteiger partial charge in [-0.05, 0) is 36.4 Å². The number of barbiturate groups is 1. The predicted octanol–water partition coefficient (Wildman–Crippen LogP) is 2.02. The van der Waals surface area contributed by atoms with Crippen LogP contribution in [0.15, 0.2) is 60.3 Å². The van der Waals surface area contributed by atoms with E-state index in [1.165, 1.54) is 30.5 Å². The summed E-state index contributed by atoms with van der Waals surface area (Å²) in [6.07, 6.45) is 1.42. The molecule has 32 heavy (non-hydrogen) atoms. The van der Waals surface area contributed by atoms with E-state index in [-0.39, 0.29) is 16.9 Å². The fraction of sp³-hybridized carbons (Fsp3) is 0.190. The molecule has 0 saturated carbocycles. The molecular formula is C21H18FN5O5. The second kappa shape index (κ2) is 8.46. The first-order chi connectivity index (χ1) is 15.3. The maximum Gasteiger partial charge on any atom is 0.335 e. The third-order valence-corrected chi connectivity index (χ3v) is 5.24. The smallest absolute Gasteiger partial charge is 0.335 e. The molecule has 4 rings (SSSR count). The van der Waals surface area contributed by atoms with Crippen LogP contribution in [0.3, 0.4) is 0 Å². The molecule has 0 radical (unpaired) electrons. The molecule has 2 aliphatic heterocycles. The van der Waals surface area contributed by atoms with E-state index in [9.17, 15) is 28.9 Å². The van der Waals surface area contributed by atoms with Gasteiger partial charge in [0.15, 0.2) is 0 Å². The summed E-state index contributed by atoms with van der Waals surface area (Å²) in [5, 5.41) is 12.9. The lowest BCUT2D eigenvalue weighted by molar-refractivity contribution is -0.384. The number of nitrogens with zero attached hydrogens (tertiary/aromatic N) is 4. The number of benzene rings is 2. The average Bonchev–Trinajstić information content (AvgIpc) is 2.78. The maximum absolute atomic E-state index is 13.2. The Balaban J connectivity index is 1.46. The highest BCUT2D eigenvalue weighted by molar-refractivity contribution is 6.37. The van der Waals surface area contributed by atoms with E-state index in [0.717, 1.165) is 22.7 Å². The predicted molar refractivity (Wildman–Crippen MR) is 112 cm³/mol. The number of urea groups is 1. The standard InChI is InChI=1S/C21H18FN5O5/c22-14-1-3-16(4-2-14)26-20(29)18(19(28)23-21(26)30)13-24-9-11-25(12-10-24)15-5-7-17(8-6-15)27(31)32/h1-8,13H,9-12H2,(H,23,28,30). The van der Waals surface area contributed by atoms with Gasteiger partial charge >= 0.3 is 6.03 Å². The highest BCUT2D eigenvalue weighted by Crippen LogP contribution is 2.23. The molecule has 10 nitrogen and oxygen atoms in total. The Morgan fingerprint density at radius 1 is 0.906 bits per heavy atom. The van der Waals surface area contributed by atoms with Gasteiger partial charge in [0.1, 0.15) is 11.4 Å². The number of nitro groups is 1. The Kier molecular flexibility index (Phi) is 5.54. The first-order valence-electron chi connectivity index (χ1n) is 9.74. The number of rotatable bonds is 4. The largest absolute Gasteiger partial charge is 0.373 e. The van der Waals surface area contributed by atoms with Crippen LogP contribution in [-0.2, 0) is 9.59 Å². The van der Waals surface area contributed by atoms with Crippen molar-refractivity contribution in [2.75, 3.05) is 36.0 Å². The van der Waals surface area contributed by atoms with Crippen molar-refractivity contribution in [1.29, 1.82) is 0 Å². The lowest BCUT2D eigenvalue weighted by Gasteiger charge is -2.36. The van der Waals surface area contributed by atoms with Crippen LogP contribution in [0.1, 0.15) is 0 Å². The molecule has 2 aromatic carbocycles. The molecular weight excluding hydrogens is 421 g/mol. The number of nitrogens with one attached hydrogen (secondary N) is 1. The number of hydrogen-bond acceptors (Lipinski definition) is 7. The third-order valence-electron chi connectivity index (χ3n) is 5.24. The summed E-state index contributed by atoms with van der Waals surface area (Å²) in [7, 11) is 0. The van der Waals surface area contributed by atoms with Gasteiger partial charge in [-0.1, -0.05) is 0 Å². The van der Waals surface area contributed by atoms with E-state index in [1.54, 1.807) is 17.0 Å². The van der Waals surface area contributed by atoms with Gasteiger partial charge < -0.3 is 9.80 Å². The summed E-state index contributed by atoms with van der Waals surface area (Å²) < 4.78 is 13.2. The second-order valence-electron chi connectivity index (χ2n) is 7.22. The van der Waals surface area contributed by atoms with Gasteiger partial charge in [-0.25, -0.2) is 14.1 Å². The van der Waals surface area contributed by atoms with Gasteiger partial charge in [0.2, 0.25) is 0 Å². The molecule has 0 aliphatic carbocycles. The molecule has 0 spiro atoms. The fourth-order valence-electron chi connectivity index (χ4n) is 3.55. The molecule has 2 fully saturated rings. The number of piperazine rings is 1. The molecule has 2 saturated heterocycles. The minimum Gasteiger partial charge on any atom is -0.373 e. The Bertz CT molecular complexity index is 1110. The zero-order chi connectivity index (χ0) is 22.8. The molecule has 0 atom stereocenters. The number of hydrogen-bond donors (Lipinski definition) is 1. The Morgan fingerprint density at radius 3 is 2.09 bits per heavy atom. The van der Waals surface area contributed by atoms with E-state index in [0.29, 0.717) is 26.2 Å². The molecule has 2 heterocycles. The summed E-state index contributed by atoms with van der Waals surface area (Å²) in [6.45, 7) is 2.12. The molecule has 0 unspecified atom stereocenters. The summed E-state index contributed by atoms with van der Waals surface area (Å²) in [5.41, 5.74) is 0.801. The summed E-state index contributed by atoms with van der Waals surface area (Å²) in [5.74, 6) is -2.10. The highest BCUT2D eigenvalue weighted by Gasteiger charge is 2.37. The van der Waals surface area contributed by atoms with E-state index < -0.39 is 28.6 Å². The monoisotopic (exact) mass is 439 g/mol. The molecule has 164 valence electrons. The van der Waals surface area contributed by atoms with Crippen molar-refractivity contribution in [2.45, 2.75) is 0 Å². The number of anilines is 2. The Morgan fingerprint density at radius 2 is 1.50 bits per heavy atom. The number of halogens is 1. The Hall–Kier alpha value is -4.28. The number of non-ortho nitro benzene ring substituents is 1. The zero-order valence-corrected chi connectivity index (χ0v) is 16.7. The number of amides is 4. The van der Waals surface area contributed by atoms with Gasteiger partial charge in [0.05, 0.1) is 10.6 Å². The van der Waals surface area contributed by atoms with Gasteiger partial charge in [0.25, 0.3) is 17.5 Å². The third kappa shape index (κ3) is 4.13. The minimum atomic E-state index is -0.897. The summed E-state index contributed by atoms with van der Waals surface area (Å²) >= 11 is 0. The first-order valence-corrected chi connectivity index (χ1v) is 9.74. The van der Waals surface area contributed by atoms with E-state index in [4.69, 9.17) is 0 Å². The van der Waals surface area contributed by atoms with Crippen LogP contribution in [-0.4, -0.2) is 53.8 Å². The van der Waals surface area contributed by atoms with Crippen molar-refractivity contribution in [2.24, 2.45) is 0 Å². The van der Waals surface area contributed by atoms with Crippen molar-refractivity contribution in [3.05, 3.63) is 76.2 Å². The van der Waals surface area contributed by atoms with Crippen LogP contribution >= 0.6 is 0 Å². The van der Waals surface area contributed by atoms with E-state index >= 15 is 0 Å². The van der Waals surface area contributed by atoms with Crippen molar-refractivity contribution >= 4 is 34.9 Å². The average molecular weight is 439 g/mol. The highest BCUT2D eigenvalue weighted by atomic mass is 19.1. The van der Waals surface area contributed by atoms with Crippen molar-refractivity contribution in [3.8, 4) is 0 Å². The second-order valence-corrected chi connectivity index (χ2v) is 7.22. The molecule has 4 amide bonds. The fourth-order valence-corrected chi connectivity index (χ4v) is 3.55. The van der Waals surface area contributed by atoms with Crippen LogP contribution in [0.2, 0.25) is 0 Å². The molecule has 11 heteroatoms. The molecule has 2 aromatic rings.